The molecular weight excluding hydrogens is 324 g/mol. The fourth-order valence-corrected chi connectivity index (χ4v) is 7.41. The quantitative estimate of drug-likeness (QED) is 0.421. The lowest BCUT2D eigenvalue weighted by Gasteiger charge is -2.56. The first-order chi connectivity index (χ1) is 12.7. The molecule has 3 aliphatic carbocycles. The molecule has 3 aliphatic rings. The zero-order valence-corrected chi connectivity index (χ0v) is 20.2. The van der Waals surface area contributed by atoms with Crippen LogP contribution in [-0.2, 0) is 0 Å². The third kappa shape index (κ3) is 4.35. The molecule has 158 valence electrons. The summed E-state index contributed by atoms with van der Waals surface area (Å²) in [6.45, 7) is 21.5. The van der Waals surface area contributed by atoms with Gasteiger partial charge in [-0.1, -0.05) is 86.3 Å². The number of rotatable bonds is 5. The van der Waals surface area contributed by atoms with Gasteiger partial charge in [0.05, 0.1) is 0 Å². The van der Waals surface area contributed by atoms with E-state index in [1.807, 2.05) is 13.8 Å². The first kappa shape index (κ1) is 23.0. The van der Waals surface area contributed by atoms with E-state index in [9.17, 15) is 0 Å². The van der Waals surface area contributed by atoms with Crippen LogP contribution in [0.1, 0.15) is 114 Å². The summed E-state index contributed by atoms with van der Waals surface area (Å²) in [4.78, 5) is 0. The molecule has 0 heteroatoms. The van der Waals surface area contributed by atoms with Crippen molar-refractivity contribution in [2.24, 2.45) is 46.3 Å². The third-order valence-electron chi connectivity index (χ3n) is 9.28. The van der Waals surface area contributed by atoms with Crippen molar-refractivity contribution in [2.45, 2.75) is 114 Å². The van der Waals surface area contributed by atoms with Crippen LogP contribution in [0, 0.1) is 46.3 Å². The third-order valence-corrected chi connectivity index (χ3v) is 9.28. The van der Waals surface area contributed by atoms with E-state index < -0.39 is 0 Å². The van der Waals surface area contributed by atoms with Crippen molar-refractivity contribution >= 4 is 0 Å². The van der Waals surface area contributed by atoms with Gasteiger partial charge in [0, 0.05) is 0 Å². The van der Waals surface area contributed by atoms with Crippen LogP contribution >= 0.6 is 0 Å². The van der Waals surface area contributed by atoms with Crippen molar-refractivity contribution < 1.29 is 0 Å². The molecule has 0 aromatic heterocycles. The monoisotopic (exact) mass is 374 g/mol. The van der Waals surface area contributed by atoms with Gasteiger partial charge in [-0.2, -0.15) is 0 Å². The molecule has 6 atom stereocenters. The second kappa shape index (κ2) is 9.04. The van der Waals surface area contributed by atoms with E-state index >= 15 is 0 Å². The van der Waals surface area contributed by atoms with Crippen LogP contribution in [-0.4, -0.2) is 0 Å². The van der Waals surface area contributed by atoms with Crippen LogP contribution in [0.5, 0.6) is 0 Å². The fraction of sp³-hybridized carbons (Fsp3) is 0.926. The van der Waals surface area contributed by atoms with Crippen LogP contribution in [0.15, 0.2) is 11.6 Å². The summed E-state index contributed by atoms with van der Waals surface area (Å²) in [6.07, 6.45) is 14.3. The molecule has 0 aromatic carbocycles. The molecule has 0 aliphatic heterocycles. The van der Waals surface area contributed by atoms with Gasteiger partial charge in [0.15, 0.2) is 0 Å². The summed E-state index contributed by atoms with van der Waals surface area (Å²) in [7, 11) is 0. The number of fused-ring (bicyclic) bond motifs is 3. The Morgan fingerprint density at radius 1 is 0.963 bits per heavy atom. The highest BCUT2D eigenvalue weighted by molar-refractivity contribution is 5.20. The Labute approximate surface area is 172 Å². The summed E-state index contributed by atoms with van der Waals surface area (Å²) >= 11 is 0. The molecule has 0 bridgehead atoms. The first-order valence-corrected chi connectivity index (χ1v) is 12.3. The van der Waals surface area contributed by atoms with Gasteiger partial charge < -0.3 is 0 Å². The molecule has 3 rings (SSSR count). The van der Waals surface area contributed by atoms with Gasteiger partial charge in [0.1, 0.15) is 0 Å². The minimum atomic E-state index is 0.436. The minimum absolute atomic E-state index is 0.436. The average Bonchev–Trinajstić information content (AvgIpc) is 2.97. The van der Waals surface area contributed by atoms with Crippen molar-refractivity contribution in [2.75, 3.05) is 0 Å². The molecule has 0 unspecified atom stereocenters. The van der Waals surface area contributed by atoms with E-state index in [1.165, 1.54) is 51.4 Å². The number of allylic oxidation sites excluding steroid dienone is 2. The average molecular weight is 375 g/mol. The highest BCUT2D eigenvalue weighted by Gasteiger charge is 2.57. The Hall–Kier alpha value is -0.260. The Morgan fingerprint density at radius 2 is 1.63 bits per heavy atom. The second-order valence-corrected chi connectivity index (χ2v) is 11.3. The lowest BCUT2D eigenvalue weighted by Crippen LogP contribution is -2.48. The zero-order valence-electron chi connectivity index (χ0n) is 20.2. The van der Waals surface area contributed by atoms with Crippen molar-refractivity contribution in [3.63, 3.8) is 0 Å². The molecule has 0 spiro atoms. The van der Waals surface area contributed by atoms with Gasteiger partial charge in [0.25, 0.3) is 0 Å². The number of hydrogen-bond acceptors (Lipinski definition) is 0. The van der Waals surface area contributed by atoms with Crippen molar-refractivity contribution in [1.29, 1.82) is 0 Å². The maximum Gasteiger partial charge on any atom is -0.0116 e. The lowest BCUT2D eigenvalue weighted by atomic mass is 9.49. The predicted molar refractivity (Wildman–Crippen MR) is 122 cm³/mol. The topological polar surface area (TPSA) is 0 Å². The molecule has 2 fully saturated rings. The standard InChI is InChI=1S/C25H44.C2H6/c1-17(2)9-8-10-18(3)21-13-14-23-20-12-11-19(4)24(5,6)22(20)15-16-25(21,23)7;1-2/h11,17-18,20-23H,8-10,12-16H2,1-7H3;1-2H3/t18-,20-,21-,22+,23+,25-;/m1./s1. The molecule has 0 aromatic rings. The fourth-order valence-electron chi connectivity index (χ4n) is 7.41. The van der Waals surface area contributed by atoms with Crippen LogP contribution in [0.4, 0.5) is 0 Å². The van der Waals surface area contributed by atoms with Gasteiger partial charge in [0.2, 0.25) is 0 Å². The maximum atomic E-state index is 2.70. The van der Waals surface area contributed by atoms with E-state index in [4.69, 9.17) is 0 Å². The minimum Gasteiger partial charge on any atom is -0.0848 e. The van der Waals surface area contributed by atoms with Crippen LogP contribution in [0.25, 0.3) is 0 Å². The van der Waals surface area contributed by atoms with E-state index in [0.717, 1.165) is 35.5 Å². The van der Waals surface area contributed by atoms with Gasteiger partial charge >= 0.3 is 0 Å². The molecule has 0 amide bonds. The molecule has 0 saturated heterocycles. The summed E-state index contributed by atoms with van der Waals surface area (Å²) in [6, 6.07) is 0. The molecule has 0 nitrogen and oxygen atoms in total. The molecule has 0 N–H and O–H groups in total. The molecule has 2 saturated carbocycles. The Kier molecular flexibility index (Phi) is 7.71. The Morgan fingerprint density at radius 3 is 2.26 bits per heavy atom. The van der Waals surface area contributed by atoms with E-state index in [-0.39, 0.29) is 0 Å². The normalized spacial score (nSPS) is 38.4. The Bertz CT molecular complexity index is 496. The number of hydrogen-bond donors (Lipinski definition) is 0. The van der Waals surface area contributed by atoms with Crippen molar-refractivity contribution in [1.82, 2.24) is 0 Å². The lowest BCUT2D eigenvalue weighted by molar-refractivity contribution is -0.0391. The van der Waals surface area contributed by atoms with E-state index in [0.29, 0.717) is 10.8 Å². The van der Waals surface area contributed by atoms with Gasteiger partial charge in [-0.05, 0) is 85.4 Å². The highest BCUT2D eigenvalue weighted by Crippen LogP contribution is 2.65. The highest BCUT2D eigenvalue weighted by atomic mass is 14.6. The zero-order chi connectivity index (χ0) is 20.4. The van der Waals surface area contributed by atoms with E-state index in [2.05, 4.69) is 54.5 Å². The summed E-state index contributed by atoms with van der Waals surface area (Å²) in [5.41, 5.74) is 2.73. The van der Waals surface area contributed by atoms with Crippen molar-refractivity contribution in [3.05, 3.63) is 11.6 Å². The smallest absolute Gasteiger partial charge is 0.0116 e. The first-order valence-electron chi connectivity index (χ1n) is 12.3. The maximum absolute atomic E-state index is 2.70. The summed E-state index contributed by atoms with van der Waals surface area (Å²) in [5, 5.41) is 0. The predicted octanol–water partition coefficient (Wildman–Crippen LogP) is 8.91. The van der Waals surface area contributed by atoms with Crippen LogP contribution in [0.3, 0.4) is 0 Å². The molecule has 0 heterocycles. The summed E-state index contributed by atoms with van der Waals surface area (Å²) in [5.74, 6) is 5.68. The largest absolute Gasteiger partial charge is 0.0848 e. The Balaban J connectivity index is 0.00000126. The van der Waals surface area contributed by atoms with Gasteiger partial charge in [-0.25, -0.2) is 0 Å². The summed E-state index contributed by atoms with van der Waals surface area (Å²) < 4.78 is 0. The SMILES string of the molecule is CC.CC1=CC[C@@H]2[C@H](CC[C@]3(C)[C@@H]([C@H](C)CCCC(C)C)CC[C@@H]23)C1(C)C. The van der Waals surface area contributed by atoms with E-state index in [1.54, 1.807) is 5.57 Å². The van der Waals surface area contributed by atoms with Crippen LogP contribution < -0.4 is 0 Å². The molecular formula is C27H50. The van der Waals surface area contributed by atoms with Gasteiger partial charge in [-0.3, -0.25) is 0 Å². The molecule has 0 radical (unpaired) electrons. The van der Waals surface area contributed by atoms with Gasteiger partial charge in [-0.15, -0.1) is 0 Å². The second-order valence-electron chi connectivity index (χ2n) is 11.3. The van der Waals surface area contributed by atoms with Crippen molar-refractivity contribution in [3.8, 4) is 0 Å². The van der Waals surface area contributed by atoms with Crippen LogP contribution in [0.2, 0.25) is 0 Å². The molecule has 27 heavy (non-hydrogen) atoms.